The Morgan fingerprint density at radius 1 is 0.936 bits per heavy atom. The lowest BCUT2D eigenvalue weighted by molar-refractivity contribution is -0.140. The van der Waals surface area contributed by atoms with E-state index in [1.807, 2.05) is 12.1 Å². The van der Waals surface area contributed by atoms with Crippen LogP contribution in [-0.4, -0.2) is 75.9 Å². The van der Waals surface area contributed by atoms with E-state index in [9.17, 15) is 32.3 Å². The van der Waals surface area contributed by atoms with E-state index >= 15 is 0 Å². The van der Waals surface area contributed by atoms with Crippen molar-refractivity contribution in [3.05, 3.63) is 106 Å². The predicted molar refractivity (Wildman–Crippen MR) is 165 cm³/mol. The highest BCUT2D eigenvalue weighted by Crippen LogP contribution is 2.31. The zero-order valence-electron chi connectivity index (χ0n) is 24.6. The molecular formula is C32H27F3N6O5S. The SMILES string of the molecule is O=C(Nc1ccc(N2CCOCC2)cc1)C(c1csnn1)N(Cc1ccc(C(F)(F)F)cc1)C(=O)CN1C(=O)c2ccccc2C1=O. The topological polar surface area (TPSA) is 125 Å². The minimum Gasteiger partial charge on any atom is -0.378 e. The molecule has 3 heterocycles. The number of anilines is 2. The van der Waals surface area contributed by atoms with Crippen molar-refractivity contribution in [3.8, 4) is 0 Å². The number of hydrogen-bond donors (Lipinski definition) is 1. The summed E-state index contributed by atoms with van der Waals surface area (Å²) in [5.74, 6) is -2.84. The average Bonchev–Trinajstić information content (AvgIpc) is 3.68. The maximum atomic E-state index is 14.0. The van der Waals surface area contributed by atoms with Crippen LogP contribution in [-0.2, 0) is 27.0 Å². The third kappa shape index (κ3) is 6.85. The summed E-state index contributed by atoms with van der Waals surface area (Å²) in [5, 5.41) is 8.31. The van der Waals surface area contributed by atoms with Crippen molar-refractivity contribution < 1.29 is 37.1 Å². The van der Waals surface area contributed by atoms with Gasteiger partial charge in [-0.15, -0.1) is 5.10 Å². The van der Waals surface area contributed by atoms with E-state index in [4.69, 9.17) is 4.74 Å². The summed E-state index contributed by atoms with van der Waals surface area (Å²) in [7, 11) is 0. The van der Waals surface area contributed by atoms with Gasteiger partial charge in [0.2, 0.25) is 5.91 Å². The Hall–Kier alpha value is -5.15. The van der Waals surface area contributed by atoms with Crippen molar-refractivity contribution in [2.45, 2.75) is 18.8 Å². The molecule has 1 fully saturated rings. The van der Waals surface area contributed by atoms with Crippen LogP contribution >= 0.6 is 11.5 Å². The third-order valence-corrected chi connectivity index (χ3v) is 8.38. The second kappa shape index (κ2) is 13.3. The Bertz CT molecular complexity index is 1740. The lowest BCUT2D eigenvalue weighted by Crippen LogP contribution is -2.47. The second-order valence-corrected chi connectivity index (χ2v) is 11.4. The van der Waals surface area contributed by atoms with Gasteiger partial charge in [0.15, 0.2) is 6.04 Å². The summed E-state index contributed by atoms with van der Waals surface area (Å²) in [4.78, 5) is 58.2. The zero-order valence-corrected chi connectivity index (χ0v) is 25.5. The quantitative estimate of drug-likeness (QED) is 0.261. The fourth-order valence-corrected chi connectivity index (χ4v) is 5.91. The van der Waals surface area contributed by atoms with Crippen LogP contribution in [0.25, 0.3) is 0 Å². The maximum absolute atomic E-state index is 14.0. The van der Waals surface area contributed by atoms with Gasteiger partial charge in [0, 0.05) is 36.4 Å². The number of aromatic nitrogens is 2. The molecule has 1 N–H and O–H groups in total. The van der Waals surface area contributed by atoms with Gasteiger partial charge in [-0.3, -0.25) is 24.1 Å². The molecule has 242 valence electrons. The smallest absolute Gasteiger partial charge is 0.378 e. The van der Waals surface area contributed by atoms with Crippen molar-refractivity contribution >= 4 is 46.5 Å². The van der Waals surface area contributed by atoms with E-state index in [0.717, 1.165) is 52.2 Å². The number of hydrogen-bond acceptors (Lipinski definition) is 9. The van der Waals surface area contributed by atoms with E-state index in [0.29, 0.717) is 18.9 Å². The lowest BCUT2D eigenvalue weighted by Gasteiger charge is -2.31. The molecule has 2 aliphatic rings. The number of fused-ring (bicyclic) bond motifs is 1. The fraction of sp³-hybridized carbons (Fsp3) is 0.250. The molecule has 47 heavy (non-hydrogen) atoms. The molecule has 0 bridgehead atoms. The molecule has 6 rings (SSSR count). The Morgan fingerprint density at radius 2 is 1.57 bits per heavy atom. The van der Waals surface area contributed by atoms with Crippen LogP contribution in [0.15, 0.2) is 78.2 Å². The number of alkyl halides is 3. The lowest BCUT2D eigenvalue weighted by atomic mass is 10.1. The number of benzene rings is 3. The van der Waals surface area contributed by atoms with Crippen LogP contribution in [0.1, 0.15) is 43.6 Å². The molecule has 0 saturated carbocycles. The Kier molecular flexibility index (Phi) is 9.00. The highest BCUT2D eigenvalue weighted by molar-refractivity contribution is 7.03. The largest absolute Gasteiger partial charge is 0.416 e. The molecule has 15 heteroatoms. The minimum absolute atomic E-state index is 0.0973. The van der Waals surface area contributed by atoms with Crippen molar-refractivity contribution in [3.63, 3.8) is 0 Å². The van der Waals surface area contributed by atoms with E-state index < -0.39 is 48.0 Å². The molecule has 1 aromatic heterocycles. The molecular weight excluding hydrogens is 637 g/mol. The second-order valence-electron chi connectivity index (χ2n) is 10.8. The van der Waals surface area contributed by atoms with Crippen molar-refractivity contribution in [2.24, 2.45) is 0 Å². The summed E-state index contributed by atoms with van der Waals surface area (Å²) in [6, 6.07) is 16.0. The predicted octanol–water partition coefficient (Wildman–Crippen LogP) is 4.40. The number of nitrogens with zero attached hydrogens (tertiary/aromatic N) is 5. The highest BCUT2D eigenvalue weighted by atomic mass is 32.1. The first-order chi connectivity index (χ1) is 22.6. The number of halogens is 3. The molecule has 1 atom stereocenters. The number of amides is 4. The molecule has 4 aromatic rings. The summed E-state index contributed by atoms with van der Waals surface area (Å²) in [6.07, 6.45) is -4.58. The van der Waals surface area contributed by atoms with Gasteiger partial charge in [-0.25, -0.2) is 0 Å². The summed E-state index contributed by atoms with van der Waals surface area (Å²) in [5.41, 5.74) is 1.11. The molecule has 2 aliphatic heterocycles. The van der Waals surface area contributed by atoms with Crippen LogP contribution in [0.2, 0.25) is 0 Å². The Labute approximate surface area is 270 Å². The molecule has 1 unspecified atom stereocenters. The number of morpholine rings is 1. The van der Waals surface area contributed by atoms with Gasteiger partial charge in [-0.1, -0.05) is 28.8 Å². The third-order valence-electron chi connectivity index (χ3n) is 7.85. The number of carbonyl (C=O) groups is 4. The normalized spacial score (nSPS) is 15.4. The van der Waals surface area contributed by atoms with Crippen LogP contribution in [0.5, 0.6) is 0 Å². The Balaban J connectivity index is 1.30. The number of rotatable bonds is 9. The van der Waals surface area contributed by atoms with Crippen molar-refractivity contribution in [1.82, 2.24) is 19.4 Å². The molecule has 1 saturated heterocycles. The van der Waals surface area contributed by atoms with Gasteiger partial charge in [-0.2, -0.15) is 13.2 Å². The van der Waals surface area contributed by atoms with E-state index in [1.54, 1.807) is 24.3 Å². The van der Waals surface area contributed by atoms with Crippen LogP contribution in [0, 0.1) is 0 Å². The number of nitrogens with one attached hydrogen (secondary N) is 1. The number of imide groups is 1. The molecule has 0 aliphatic carbocycles. The van der Waals surface area contributed by atoms with E-state index in [-0.39, 0.29) is 28.9 Å². The highest BCUT2D eigenvalue weighted by Gasteiger charge is 2.40. The first-order valence-corrected chi connectivity index (χ1v) is 15.3. The van der Waals surface area contributed by atoms with Gasteiger partial charge >= 0.3 is 6.18 Å². The summed E-state index contributed by atoms with van der Waals surface area (Å²) >= 11 is 0.936. The minimum atomic E-state index is -4.58. The molecule has 4 amide bonds. The number of carbonyl (C=O) groups excluding carboxylic acids is 4. The fourth-order valence-electron chi connectivity index (χ4n) is 5.44. The molecule has 0 spiro atoms. The van der Waals surface area contributed by atoms with Crippen molar-refractivity contribution in [1.29, 1.82) is 0 Å². The number of ether oxygens (including phenoxy) is 1. The maximum Gasteiger partial charge on any atom is 0.416 e. The standard InChI is InChI=1S/C32H27F3N6O5S/c33-32(34,35)21-7-5-20(6-8-21)17-40(27(42)18-41-30(44)24-3-1-2-4-25(24)31(41)45)28(26-19-47-38-37-26)29(43)36-22-9-11-23(12-10-22)39-13-15-46-16-14-39/h1-12,19,28H,13-18H2,(H,36,43). The van der Waals surface area contributed by atoms with Gasteiger partial charge in [-0.05, 0) is 65.6 Å². The monoisotopic (exact) mass is 664 g/mol. The average molecular weight is 665 g/mol. The van der Waals surface area contributed by atoms with Gasteiger partial charge < -0.3 is 19.9 Å². The molecule has 3 aromatic carbocycles. The van der Waals surface area contributed by atoms with Gasteiger partial charge in [0.1, 0.15) is 12.2 Å². The van der Waals surface area contributed by atoms with E-state index in [2.05, 4.69) is 19.8 Å². The van der Waals surface area contributed by atoms with Crippen LogP contribution < -0.4 is 10.2 Å². The summed E-state index contributed by atoms with van der Waals surface area (Å²) in [6.45, 7) is 1.59. The summed E-state index contributed by atoms with van der Waals surface area (Å²) < 4.78 is 49.1. The molecule has 0 radical (unpaired) electrons. The van der Waals surface area contributed by atoms with Gasteiger partial charge in [0.25, 0.3) is 17.7 Å². The zero-order chi connectivity index (χ0) is 33.1. The van der Waals surface area contributed by atoms with Gasteiger partial charge in [0.05, 0.1) is 29.9 Å². The van der Waals surface area contributed by atoms with Crippen LogP contribution in [0.3, 0.4) is 0 Å². The van der Waals surface area contributed by atoms with Crippen molar-refractivity contribution in [2.75, 3.05) is 43.1 Å². The Morgan fingerprint density at radius 3 is 2.15 bits per heavy atom. The first-order valence-electron chi connectivity index (χ1n) is 14.5. The molecule has 11 nitrogen and oxygen atoms in total. The first kappa shape index (κ1) is 31.8. The van der Waals surface area contributed by atoms with E-state index in [1.165, 1.54) is 29.6 Å². The van der Waals surface area contributed by atoms with Crippen LogP contribution in [0.4, 0.5) is 24.5 Å².